The third-order valence-electron chi connectivity index (χ3n) is 3.16. The fraction of sp³-hybridized carbons (Fsp3) is 0.214. The van der Waals surface area contributed by atoms with Gasteiger partial charge >= 0.3 is 0 Å². The van der Waals surface area contributed by atoms with Gasteiger partial charge in [-0.2, -0.15) is 0 Å². The molecule has 0 aliphatic carbocycles. The molecule has 1 heterocycles. The first-order chi connectivity index (χ1) is 9.00. The van der Waals surface area contributed by atoms with Crippen LogP contribution in [-0.2, 0) is 0 Å². The molecule has 0 aliphatic rings. The average molecular weight is 277 g/mol. The number of amidine groups is 1. The molecule has 1 aromatic heterocycles. The minimum absolute atomic E-state index is 0.125. The van der Waals surface area contributed by atoms with Crippen LogP contribution in [0.25, 0.3) is 0 Å². The van der Waals surface area contributed by atoms with Crippen LogP contribution in [0.3, 0.4) is 0 Å². The molecule has 0 fully saturated rings. The molecule has 0 bridgehead atoms. The summed E-state index contributed by atoms with van der Waals surface area (Å²) in [6.45, 7) is 2.07. The Kier molecular flexibility index (Phi) is 3.85. The molecular weight excluding hydrogens is 261 g/mol. The van der Waals surface area contributed by atoms with Crippen LogP contribution in [0.1, 0.15) is 23.4 Å². The predicted molar refractivity (Wildman–Crippen MR) is 78.6 cm³/mol. The van der Waals surface area contributed by atoms with Gasteiger partial charge in [0.25, 0.3) is 0 Å². The van der Waals surface area contributed by atoms with E-state index in [0.717, 1.165) is 5.69 Å². The van der Waals surface area contributed by atoms with Gasteiger partial charge in [-0.3, -0.25) is 5.41 Å². The number of thiophene rings is 1. The third kappa shape index (κ3) is 2.76. The van der Waals surface area contributed by atoms with E-state index < -0.39 is 0 Å². The molecule has 3 N–H and O–H groups in total. The maximum Gasteiger partial charge on any atom is 0.125 e. The summed E-state index contributed by atoms with van der Waals surface area (Å²) in [6, 6.07) is 8.55. The van der Waals surface area contributed by atoms with Crippen LogP contribution >= 0.6 is 11.3 Å². The molecule has 0 amide bonds. The van der Waals surface area contributed by atoms with E-state index in [0.29, 0.717) is 5.56 Å². The number of nitrogen functional groups attached to an aromatic ring is 1. The second-order valence-corrected chi connectivity index (χ2v) is 5.36. The van der Waals surface area contributed by atoms with E-state index >= 15 is 0 Å². The monoisotopic (exact) mass is 277 g/mol. The van der Waals surface area contributed by atoms with Crippen molar-refractivity contribution >= 4 is 22.9 Å². The van der Waals surface area contributed by atoms with Crippen molar-refractivity contribution in [1.82, 2.24) is 0 Å². The van der Waals surface area contributed by atoms with Gasteiger partial charge in [-0.25, -0.2) is 4.39 Å². The summed E-state index contributed by atoms with van der Waals surface area (Å²) in [4.78, 5) is 3.21. The van der Waals surface area contributed by atoms with Gasteiger partial charge in [0.1, 0.15) is 11.7 Å². The Morgan fingerprint density at radius 2 is 2.16 bits per heavy atom. The molecule has 0 saturated heterocycles. The number of halogens is 1. The minimum atomic E-state index is -0.383. The molecule has 1 aromatic carbocycles. The van der Waals surface area contributed by atoms with Gasteiger partial charge in [-0.15, -0.1) is 11.3 Å². The maximum atomic E-state index is 13.3. The zero-order valence-electron chi connectivity index (χ0n) is 10.9. The molecule has 0 radical (unpaired) electrons. The number of nitrogens with two attached hydrogens (primary N) is 1. The highest BCUT2D eigenvalue weighted by Crippen LogP contribution is 2.30. The standard InChI is InChI=1S/C14H16FN3S/c1-9(13-4-3-7-19-13)18(2)12-6-5-10(15)8-11(12)14(16)17/h3-9H,1-2H3,(H3,16,17). The second-order valence-electron chi connectivity index (χ2n) is 4.38. The van der Waals surface area contributed by atoms with Gasteiger partial charge in [0.2, 0.25) is 0 Å². The van der Waals surface area contributed by atoms with Gasteiger partial charge in [-0.1, -0.05) is 6.07 Å². The average Bonchev–Trinajstić information content (AvgIpc) is 2.90. The van der Waals surface area contributed by atoms with Crippen molar-refractivity contribution in [3.63, 3.8) is 0 Å². The first kappa shape index (κ1) is 13.5. The highest BCUT2D eigenvalue weighted by molar-refractivity contribution is 7.10. The maximum absolute atomic E-state index is 13.3. The number of rotatable bonds is 4. The third-order valence-corrected chi connectivity index (χ3v) is 4.21. The van der Waals surface area contributed by atoms with E-state index in [2.05, 4.69) is 13.0 Å². The number of hydrogen-bond acceptors (Lipinski definition) is 3. The highest BCUT2D eigenvalue weighted by atomic mass is 32.1. The molecule has 19 heavy (non-hydrogen) atoms. The highest BCUT2D eigenvalue weighted by Gasteiger charge is 2.17. The van der Waals surface area contributed by atoms with Crippen LogP contribution in [0.4, 0.5) is 10.1 Å². The van der Waals surface area contributed by atoms with Gasteiger partial charge in [0, 0.05) is 23.2 Å². The molecule has 2 rings (SSSR count). The lowest BCUT2D eigenvalue weighted by atomic mass is 10.1. The van der Waals surface area contributed by atoms with Crippen molar-refractivity contribution in [1.29, 1.82) is 5.41 Å². The SMILES string of the molecule is CC(c1cccs1)N(C)c1ccc(F)cc1C(=N)N. The molecule has 0 saturated carbocycles. The van der Waals surface area contributed by atoms with Crippen molar-refractivity contribution in [2.45, 2.75) is 13.0 Å². The Labute approximate surface area is 116 Å². The summed E-state index contributed by atoms with van der Waals surface area (Å²) >= 11 is 1.67. The first-order valence-electron chi connectivity index (χ1n) is 5.91. The molecule has 0 spiro atoms. The summed E-state index contributed by atoms with van der Waals surface area (Å²) in [7, 11) is 1.92. The van der Waals surface area contributed by atoms with Crippen molar-refractivity contribution in [3.05, 3.63) is 52.0 Å². The molecule has 1 unspecified atom stereocenters. The van der Waals surface area contributed by atoms with Crippen molar-refractivity contribution in [3.8, 4) is 0 Å². The lowest BCUT2D eigenvalue weighted by Gasteiger charge is -2.28. The van der Waals surface area contributed by atoms with E-state index in [1.165, 1.54) is 17.0 Å². The van der Waals surface area contributed by atoms with Crippen LogP contribution in [0.2, 0.25) is 0 Å². The molecule has 2 aromatic rings. The lowest BCUT2D eigenvalue weighted by Crippen LogP contribution is -2.25. The summed E-state index contributed by atoms with van der Waals surface area (Å²) in [5, 5.41) is 9.59. The number of hydrogen-bond donors (Lipinski definition) is 2. The largest absolute Gasteiger partial charge is 0.384 e. The zero-order valence-corrected chi connectivity index (χ0v) is 11.7. The van der Waals surface area contributed by atoms with Gasteiger partial charge in [-0.05, 0) is 36.6 Å². The quantitative estimate of drug-likeness (QED) is 0.665. The Bertz CT molecular complexity index is 580. The van der Waals surface area contributed by atoms with Crippen molar-refractivity contribution < 1.29 is 4.39 Å². The number of benzene rings is 1. The van der Waals surface area contributed by atoms with Crippen LogP contribution < -0.4 is 10.6 Å². The Morgan fingerprint density at radius 1 is 1.42 bits per heavy atom. The van der Waals surface area contributed by atoms with Crippen LogP contribution in [-0.4, -0.2) is 12.9 Å². The van der Waals surface area contributed by atoms with Crippen LogP contribution in [0.15, 0.2) is 35.7 Å². The van der Waals surface area contributed by atoms with Gasteiger partial charge in [0.05, 0.1) is 6.04 Å². The number of anilines is 1. The normalized spacial score (nSPS) is 12.2. The number of nitrogens with zero attached hydrogens (tertiary/aromatic N) is 1. The molecule has 3 nitrogen and oxygen atoms in total. The minimum Gasteiger partial charge on any atom is -0.384 e. The van der Waals surface area contributed by atoms with E-state index in [4.69, 9.17) is 11.1 Å². The van der Waals surface area contributed by atoms with E-state index in [9.17, 15) is 4.39 Å². The molecule has 100 valence electrons. The van der Waals surface area contributed by atoms with E-state index in [1.807, 2.05) is 23.4 Å². The summed E-state index contributed by atoms with van der Waals surface area (Å²) in [6.07, 6.45) is 0. The second kappa shape index (κ2) is 5.40. The van der Waals surface area contributed by atoms with Gasteiger partial charge in [0.15, 0.2) is 0 Å². The van der Waals surface area contributed by atoms with Gasteiger partial charge < -0.3 is 10.6 Å². The van der Waals surface area contributed by atoms with Crippen molar-refractivity contribution in [2.24, 2.45) is 5.73 Å². The first-order valence-corrected chi connectivity index (χ1v) is 6.79. The molecular formula is C14H16FN3S. The molecule has 5 heteroatoms. The van der Waals surface area contributed by atoms with E-state index in [1.54, 1.807) is 17.4 Å². The molecule has 0 aliphatic heterocycles. The fourth-order valence-corrected chi connectivity index (χ4v) is 2.79. The smallest absolute Gasteiger partial charge is 0.125 e. The van der Waals surface area contributed by atoms with E-state index in [-0.39, 0.29) is 17.7 Å². The predicted octanol–water partition coefficient (Wildman–Crippen LogP) is 3.37. The Balaban J connectivity index is 2.38. The van der Waals surface area contributed by atoms with Crippen molar-refractivity contribution in [2.75, 3.05) is 11.9 Å². The fourth-order valence-electron chi connectivity index (χ4n) is 1.96. The zero-order chi connectivity index (χ0) is 14.0. The lowest BCUT2D eigenvalue weighted by molar-refractivity contribution is 0.626. The summed E-state index contributed by atoms with van der Waals surface area (Å²) in [5.74, 6) is -0.508. The topological polar surface area (TPSA) is 53.1 Å². The van der Waals surface area contributed by atoms with Crippen LogP contribution in [0.5, 0.6) is 0 Å². The Morgan fingerprint density at radius 3 is 2.74 bits per heavy atom. The number of nitrogens with one attached hydrogen (secondary N) is 1. The van der Waals surface area contributed by atoms with Crippen LogP contribution in [0, 0.1) is 11.2 Å². The molecule has 1 atom stereocenters. The Hall–Kier alpha value is -1.88. The summed E-state index contributed by atoms with van der Waals surface area (Å²) in [5.41, 5.74) is 6.71. The summed E-state index contributed by atoms with van der Waals surface area (Å²) < 4.78 is 13.3.